The van der Waals surface area contributed by atoms with E-state index in [0.717, 1.165) is 4.70 Å². The number of nitrogen functional groups attached to an aromatic ring is 1. The molecule has 0 radical (unpaired) electrons. The first-order valence-corrected chi connectivity index (χ1v) is 9.31. The van der Waals surface area contributed by atoms with Crippen molar-refractivity contribution in [2.45, 2.75) is 6.42 Å². The van der Waals surface area contributed by atoms with Gasteiger partial charge in [0.2, 0.25) is 10.0 Å². The van der Waals surface area contributed by atoms with Crippen molar-refractivity contribution in [1.29, 1.82) is 0 Å². The van der Waals surface area contributed by atoms with Gasteiger partial charge in [0.25, 0.3) is 5.91 Å². The third kappa shape index (κ3) is 3.21. The standard InChI is InChI=1S/C13H16N4O3S2/c14-13-16-10-5-9(1-2-11(10)21-13)12(18)17-4-3-8(6-17)7-22(15,19)20/h1-2,5,8H,3-4,6-7H2,(H2,14,16)(H2,15,19,20). The Bertz CT molecular complexity index is 831. The Morgan fingerprint density at radius 2 is 2.23 bits per heavy atom. The van der Waals surface area contributed by atoms with Crippen LogP contribution in [-0.4, -0.2) is 43.1 Å². The number of sulfonamides is 1. The summed E-state index contributed by atoms with van der Waals surface area (Å²) < 4.78 is 23.2. The van der Waals surface area contributed by atoms with Crippen LogP contribution in [0.1, 0.15) is 16.8 Å². The van der Waals surface area contributed by atoms with Crippen molar-refractivity contribution in [3.05, 3.63) is 23.8 Å². The molecule has 2 aromatic rings. The predicted molar refractivity (Wildman–Crippen MR) is 86.0 cm³/mol. The van der Waals surface area contributed by atoms with E-state index in [2.05, 4.69) is 4.98 Å². The summed E-state index contributed by atoms with van der Waals surface area (Å²) in [5.41, 5.74) is 6.90. The number of benzene rings is 1. The van der Waals surface area contributed by atoms with Crippen LogP contribution in [0.3, 0.4) is 0 Å². The molecule has 1 saturated heterocycles. The molecule has 1 aliphatic heterocycles. The second kappa shape index (κ2) is 5.49. The van der Waals surface area contributed by atoms with E-state index in [-0.39, 0.29) is 17.6 Å². The molecule has 3 rings (SSSR count). The molecule has 7 nitrogen and oxygen atoms in total. The monoisotopic (exact) mass is 340 g/mol. The molecule has 4 N–H and O–H groups in total. The summed E-state index contributed by atoms with van der Waals surface area (Å²) in [6.07, 6.45) is 0.647. The Balaban J connectivity index is 1.75. The van der Waals surface area contributed by atoms with Crippen LogP contribution in [0.15, 0.2) is 18.2 Å². The first kappa shape index (κ1) is 15.2. The number of primary sulfonamides is 1. The second-order valence-electron chi connectivity index (χ2n) is 5.47. The Kier molecular flexibility index (Phi) is 3.79. The van der Waals surface area contributed by atoms with Crippen molar-refractivity contribution >= 4 is 42.6 Å². The molecule has 1 aliphatic rings. The number of hydrogen-bond donors (Lipinski definition) is 2. The first-order valence-electron chi connectivity index (χ1n) is 6.77. The number of nitrogens with two attached hydrogens (primary N) is 2. The van der Waals surface area contributed by atoms with Gasteiger partial charge in [-0.25, -0.2) is 18.5 Å². The molecule has 1 amide bonds. The van der Waals surface area contributed by atoms with Crippen LogP contribution >= 0.6 is 11.3 Å². The molecule has 0 aliphatic carbocycles. The predicted octanol–water partition coefficient (Wildman–Crippen LogP) is 0.629. The molecule has 2 heterocycles. The van der Waals surface area contributed by atoms with Crippen LogP contribution in [0.25, 0.3) is 10.2 Å². The fourth-order valence-electron chi connectivity index (χ4n) is 2.74. The summed E-state index contributed by atoms with van der Waals surface area (Å²) >= 11 is 1.37. The van der Waals surface area contributed by atoms with Crippen LogP contribution in [0, 0.1) is 5.92 Å². The number of carbonyl (C=O) groups is 1. The molecule has 1 aromatic heterocycles. The minimum atomic E-state index is -3.51. The fraction of sp³-hybridized carbons (Fsp3) is 0.385. The summed E-state index contributed by atoms with van der Waals surface area (Å²) in [6, 6.07) is 5.29. The average Bonchev–Trinajstić information content (AvgIpc) is 3.00. The summed E-state index contributed by atoms with van der Waals surface area (Å²) in [6.45, 7) is 0.947. The zero-order valence-corrected chi connectivity index (χ0v) is 13.4. The van der Waals surface area contributed by atoms with Gasteiger partial charge in [-0.05, 0) is 30.5 Å². The van der Waals surface area contributed by atoms with E-state index in [0.29, 0.717) is 35.7 Å². The maximum Gasteiger partial charge on any atom is 0.253 e. The van der Waals surface area contributed by atoms with Gasteiger partial charge in [-0.2, -0.15) is 0 Å². The number of rotatable bonds is 3. The number of anilines is 1. The smallest absolute Gasteiger partial charge is 0.253 e. The molecule has 0 saturated carbocycles. The molecule has 1 aromatic carbocycles. The molecule has 0 bridgehead atoms. The summed E-state index contributed by atoms with van der Waals surface area (Å²) in [5.74, 6) is -0.304. The molecule has 118 valence electrons. The van der Waals surface area contributed by atoms with E-state index in [1.807, 2.05) is 6.07 Å². The maximum absolute atomic E-state index is 12.5. The second-order valence-corrected chi connectivity index (χ2v) is 8.19. The Morgan fingerprint density at radius 3 is 2.95 bits per heavy atom. The maximum atomic E-state index is 12.5. The normalized spacial score (nSPS) is 19.0. The Labute approximate surface area is 132 Å². The van der Waals surface area contributed by atoms with Gasteiger partial charge in [0.1, 0.15) is 0 Å². The number of carbonyl (C=O) groups excluding carboxylic acids is 1. The number of nitrogens with zero attached hydrogens (tertiary/aromatic N) is 2. The van der Waals surface area contributed by atoms with Crippen molar-refractivity contribution in [1.82, 2.24) is 9.88 Å². The number of amides is 1. The van der Waals surface area contributed by atoms with E-state index < -0.39 is 10.0 Å². The van der Waals surface area contributed by atoms with Crippen molar-refractivity contribution in [3.63, 3.8) is 0 Å². The average molecular weight is 340 g/mol. The highest BCUT2D eigenvalue weighted by Gasteiger charge is 2.29. The highest BCUT2D eigenvalue weighted by molar-refractivity contribution is 7.89. The molecule has 22 heavy (non-hydrogen) atoms. The number of hydrogen-bond acceptors (Lipinski definition) is 6. The molecular weight excluding hydrogens is 324 g/mol. The van der Waals surface area contributed by atoms with Gasteiger partial charge in [0, 0.05) is 18.7 Å². The summed E-state index contributed by atoms with van der Waals surface area (Å²) in [7, 11) is -3.51. The lowest BCUT2D eigenvalue weighted by atomic mass is 10.1. The molecule has 1 unspecified atom stereocenters. The van der Waals surface area contributed by atoms with Crippen molar-refractivity contribution in [2.75, 3.05) is 24.6 Å². The van der Waals surface area contributed by atoms with Gasteiger partial charge in [0.05, 0.1) is 16.0 Å². The Hall–Kier alpha value is -1.71. The molecule has 0 spiro atoms. The van der Waals surface area contributed by atoms with Gasteiger partial charge >= 0.3 is 0 Å². The highest BCUT2D eigenvalue weighted by atomic mass is 32.2. The van der Waals surface area contributed by atoms with E-state index in [1.54, 1.807) is 17.0 Å². The van der Waals surface area contributed by atoms with Crippen LogP contribution < -0.4 is 10.9 Å². The van der Waals surface area contributed by atoms with Gasteiger partial charge in [-0.15, -0.1) is 0 Å². The van der Waals surface area contributed by atoms with Crippen molar-refractivity contribution in [3.8, 4) is 0 Å². The van der Waals surface area contributed by atoms with Crippen LogP contribution in [0.2, 0.25) is 0 Å². The fourth-order valence-corrected chi connectivity index (χ4v) is 4.39. The quantitative estimate of drug-likeness (QED) is 0.849. The lowest BCUT2D eigenvalue weighted by molar-refractivity contribution is 0.0788. The van der Waals surface area contributed by atoms with Crippen LogP contribution in [0.5, 0.6) is 0 Å². The minimum Gasteiger partial charge on any atom is -0.375 e. The number of thiazole rings is 1. The summed E-state index contributed by atoms with van der Waals surface area (Å²) in [4.78, 5) is 18.3. The van der Waals surface area contributed by atoms with Gasteiger partial charge in [-0.1, -0.05) is 11.3 Å². The van der Waals surface area contributed by atoms with Crippen LogP contribution in [-0.2, 0) is 10.0 Å². The zero-order valence-electron chi connectivity index (χ0n) is 11.7. The Morgan fingerprint density at radius 1 is 1.45 bits per heavy atom. The number of likely N-dealkylation sites (tertiary alicyclic amines) is 1. The lowest BCUT2D eigenvalue weighted by Crippen LogP contribution is -2.30. The third-order valence-electron chi connectivity index (χ3n) is 3.69. The summed E-state index contributed by atoms with van der Waals surface area (Å²) in [5, 5.41) is 5.53. The number of aromatic nitrogens is 1. The molecule has 1 atom stereocenters. The first-order chi connectivity index (χ1) is 10.3. The SMILES string of the molecule is Nc1nc2cc(C(=O)N3CCC(CS(N)(=O)=O)C3)ccc2s1. The van der Waals surface area contributed by atoms with E-state index in [1.165, 1.54) is 11.3 Å². The zero-order chi connectivity index (χ0) is 15.9. The molecular formula is C13H16N4O3S2. The van der Waals surface area contributed by atoms with Crippen molar-refractivity contribution in [2.24, 2.45) is 11.1 Å². The number of fused-ring (bicyclic) bond motifs is 1. The lowest BCUT2D eigenvalue weighted by Gasteiger charge is -2.16. The third-order valence-corrected chi connectivity index (χ3v) is 5.49. The van der Waals surface area contributed by atoms with Gasteiger partial charge in [0.15, 0.2) is 5.13 Å². The minimum absolute atomic E-state index is 0.0849. The van der Waals surface area contributed by atoms with Gasteiger partial charge in [-0.3, -0.25) is 4.79 Å². The van der Waals surface area contributed by atoms with Gasteiger partial charge < -0.3 is 10.6 Å². The van der Waals surface area contributed by atoms with Crippen LogP contribution in [0.4, 0.5) is 5.13 Å². The molecule has 9 heteroatoms. The highest BCUT2D eigenvalue weighted by Crippen LogP contribution is 2.26. The van der Waals surface area contributed by atoms with E-state index >= 15 is 0 Å². The largest absolute Gasteiger partial charge is 0.375 e. The molecule has 1 fully saturated rings. The van der Waals surface area contributed by atoms with E-state index in [9.17, 15) is 13.2 Å². The van der Waals surface area contributed by atoms with E-state index in [4.69, 9.17) is 10.9 Å². The topological polar surface area (TPSA) is 119 Å². The van der Waals surface area contributed by atoms with Crippen molar-refractivity contribution < 1.29 is 13.2 Å².